The van der Waals surface area contributed by atoms with Gasteiger partial charge in [0.15, 0.2) is 0 Å². The van der Waals surface area contributed by atoms with Crippen LogP contribution in [0.4, 0.5) is 0 Å². The zero-order valence-corrected chi connectivity index (χ0v) is 10.9. The fraction of sp³-hybridized carbons (Fsp3) is 0.467. The number of benzene rings is 1. The molecule has 1 fully saturated rings. The van der Waals surface area contributed by atoms with E-state index in [1.165, 1.54) is 11.3 Å². The number of rotatable bonds is 4. The van der Waals surface area contributed by atoms with Crippen LogP contribution in [0.2, 0.25) is 0 Å². The summed E-state index contributed by atoms with van der Waals surface area (Å²) in [5.41, 5.74) is 0.564. The Labute approximate surface area is 113 Å². The molecule has 0 heterocycles. The van der Waals surface area contributed by atoms with Crippen LogP contribution in [0.15, 0.2) is 30.3 Å². The van der Waals surface area contributed by atoms with Gasteiger partial charge in [-0.05, 0) is 25.0 Å². The zero-order valence-electron chi connectivity index (χ0n) is 10.9. The van der Waals surface area contributed by atoms with E-state index in [0.29, 0.717) is 5.56 Å². The number of carboxylic acids is 1. The van der Waals surface area contributed by atoms with Crippen molar-refractivity contribution >= 4 is 11.9 Å². The van der Waals surface area contributed by atoms with Crippen LogP contribution < -0.4 is 0 Å². The number of carboxylic acid groups (broad SMARTS) is 1. The van der Waals surface area contributed by atoms with Crippen molar-refractivity contribution in [1.29, 1.82) is 0 Å². The van der Waals surface area contributed by atoms with Crippen molar-refractivity contribution in [2.24, 2.45) is 0 Å². The van der Waals surface area contributed by atoms with Gasteiger partial charge in [-0.2, -0.15) is 0 Å². The van der Waals surface area contributed by atoms with Crippen molar-refractivity contribution in [2.45, 2.75) is 38.1 Å². The van der Waals surface area contributed by atoms with E-state index in [-0.39, 0.29) is 18.5 Å². The van der Waals surface area contributed by atoms with Gasteiger partial charge in [0.1, 0.15) is 6.54 Å². The molecular formula is C15H19NO3. The van der Waals surface area contributed by atoms with Gasteiger partial charge in [-0.3, -0.25) is 9.59 Å². The molecule has 0 aliphatic heterocycles. The number of carbonyl (C=O) groups is 2. The van der Waals surface area contributed by atoms with Gasteiger partial charge in [0.05, 0.1) is 0 Å². The van der Waals surface area contributed by atoms with Crippen molar-refractivity contribution in [3.8, 4) is 0 Å². The molecule has 4 nitrogen and oxygen atoms in total. The van der Waals surface area contributed by atoms with Crippen molar-refractivity contribution in [2.75, 3.05) is 6.54 Å². The van der Waals surface area contributed by atoms with E-state index in [9.17, 15) is 9.59 Å². The summed E-state index contributed by atoms with van der Waals surface area (Å²) in [7, 11) is 0. The molecule has 0 radical (unpaired) electrons. The average molecular weight is 261 g/mol. The Morgan fingerprint density at radius 2 is 1.74 bits per heavy atom. The van der Waals surface area contributed by atoms with Crippen LogP contribution in [0.3, 0.4) is 0 Å². The number of hydrogen-bond donors (Lipinski definition) is 1. The van der Waals surface area contributed by atoms with Crippen molar-refractivity contribution in [3.05, 3.63) is 35.9 Å². The molecule has 1 saturated carbocycles. The van der Waals surface area contributed by atoms with Crippen LogP contribution in [0.5, 0.6) is 0 Å². The fourth-order valence-electron chi connectivity index (χ4n) is 2.65. The van der Waals surface area contributed by atoms with E-state index in [4.69, 9.17) is 5.11 Å². The maximum absolute atomic E-state index is 12.4. The molecule has 1 aliphatic carbocycles. The molecule has 1 amide bonds. The van der Waals surface area contributed by atoms with E-state index in [0.717, 1.165) is 25.7 Å². The van der Waals surface area contributed by atoms with E-state index in [1.807, 2.05) is 6.07 Å². The highest BCUT2D eigenvalue weighted by Crippen LogP contribution is 2.23. The molecule has 19 heavy (non-hydrogen) atoms. The summed E-state index contributed by atoms with van der Waals surface area (Å²) in [6.45, 7) is -0.210. The predicted octanol–water partition coefficient (Wildman–Crippen LogP) is 2.55. The lowest BCUT2D eigenvalue weighted by Crippen LogP contribution is -2.44. The van der Waals surface area contributed by atoms with Gasteiger partial charge in [-0.25, -0.2) is 0 Å². The third-order valence-corrected chi connectivity index (χ3v) is 3.60. The second-order valence-corrected chi connectivity index (χ2v) is 4.98. The molecule has 1 N–H and O–H groups in total. The van der Waals surface area contributed by atoms with Crippen LogP contribution in [0.1, 0.15) is 42.5 Å². The lowest BCUT2D eigenvalue weighted by atomic mass is 9.93. The van der Waals surface area contributed by atoms with Crippen LogP contribution >= 0.6 is 0 Å². The van der Waals surface area contributed by atoms with E-state index < -0.39 is 5.97 Å². The summed E-state index contributed by atoms with van der Waals surface area (Å²) in [5, 5.41) is 9.02. The first-order valence-corrected chi connectivity index (χ1v) is 6.76. The number of amides is 1. The van der Waals surface area contributed by atoms with Crippen LogP contribution in [0.25, 0.3) is 0 Å². The summed E-state index contributed by atoms with van der Waals surface area (Å²) in [4.78, 5) is 25.0. The average Bonchev–Trinajstić information content (AvgIpc) is 2.46. The second-order valence-electron chi connectivity index (χ2n) is 4.98. The van der Waals surface area contributed by atoms with Crippen LogP contribution in [-0.2, 0) is 4.79 Å². The minimum absolute atomic E-state index is 0.0672. The molecule has 0 atom stereocenters. The summed E-state index contributed by atoms with van der Waals surface area (Å²) in [5.74, 6) is -1.12. The third-order valence-electron chi connectivity index (χ3n) is 3.60. The van der Waals surface area contributed by atoms with Gasteiger partial charge in [0, 0.05) is 11.6 Å². The Balaban J connectivity index is 2.16. The van der Waals surface area contributed by atoms with E-state index in [2.05, 4.69) is 0 Å². The summed E-state index contributed by atoms with van der Waals surface area (Å²) in [6, 6.07) is 8.98. The highest BCUT2D eigenvalue weighted by molar-refractivity contribution is 5.96. The molecule has 0 bridgehead atoms. The van der Waals surface area contributed by atoms with Crippen molar-refractivity contribution in [3.63, 3.8) is 0 Å². The highest BCUT2D eigenvalue weighted by Gasteiger charge is 2.27. The van der Waals surface area contributed by atoms with E-state index >= 15 is 0 Å². The smallest absolute Gasteiger partial charge is 0.323 e. The molecule has 1 aromatic carbocycles. The van der Waals surface area contributed by atoms with Gasteiger partial charge >= 0.3 is 5.97 Å². The lowest BCUT2D eigenvalue weighted by Gasteiger charge is -2.33. The molecule has 0 unspecified atom stereocenters. The monoisotopic (exact) mass is 261 g/mol. The Bertz CT molecular complexity index is 438. The number of carbonyl (C=O) groups excluding carboxylic acids is 1. The van der Waals surface area contributed by atoms with E-state index in [1.54, 1.807) is 24.3 Å². The molecule has 102 valence electrons. The molecule has 4 heteroatoms. The van der Waals surface area contributed by atoms with Crippen LogP contribution in [-0.4, -0.2) is 34.5 Å². The SMILES string of the molecule is O=C(O)CN(C(=O)c1ccccc1)C1CCCCC1. The van der Waals surface area contributed by atoms with Crippen molar-refractivity contribution in [1.82, 2.24) is 4.90 Å². The Kier molecular flexibility index (Phi) is 4.55. The fourth-order valence-corrected chi connectivity index (χ4v) is 2.65. The van der Waals surface area contributed by atoms with Gasteiger partial charge in [-0.15, -0.1) is 0 Å². The maximum atomic E-state index is 12.4. The topological polar surface area (TPSA) is 57.6 Å². The second kappa shape index (κ2) is 6.36. The molecule has 1 aliphatic rings. The standard InChI is InChI=1S/C15H19NO3/c17-14(18)11-16(13-9-5-2-6-10-13)15(19)12-7-3-1-4-8-12/h1,3-4,7-8,13H,2,5-6,9-11H2,(H,17,18). The summed E-state index contributed by atoms with van der Waals surface area (Å²) < 4.78 is 0. The van der Waals surface area contributed by atoms with Gasteiger partial charge in [0.25, 0.3) is 5.91 Å². The number of hydrogen-bond acceptors (Lipinski definition) is 2. The molecule has 0 aromatic heterocycles. The van der Waals surface area contributed by atoms with Gasteiger partial charge in [-0.1, -0.05) is 37.5 Å². The Morgan fingerprint density at radius 3 is 2.32 bits per heavy atom. The zero-order chi connectivity index (χ0) is 13.7. The normalized spacial score (nSPS) is 16.0. The summed E-state index contributed by atoms with van der Waals surface area (Å²) >= 11 is 0. The Morgan fingerprint density at radius 1 is 1.11 bits per heavy atom. The minimum atomic E-state index is -0.949. The number of aliphatic carboxylic acids is 1. The molecule has 1 aromatic rings. The lowest BCUT2D eigenvalue weighted by molar-refractivity contribution is -0.138. The Hall–Kier alpha value is -1.84. The minimum Gasteiger partial charge on any atom is -0.480 e. The molecular weight excluding hydrogens is 242 g/mol. The van der Waals surface area contributed by atoms with Gasteiger partial charge < -0.3 is 10.0 Å². The first-order chi connectivity index (χ1) is 9.18. The summed E-state index contributed by atoms with van der Waals surface area (Å²) in [6.07, 6.45) is 5.14. The first-order valence-electron chi connectivity index (χ1n) is 6.76. The highest BCUT2D eigenvalue weighted by atomic mass is 16.4. The maximum Gasteiger partial charge on any atom is 0.323 e. The first kappa shape index (κ1) is 13.6. The third kappa shape index (κ3) is 3.56. The molecule has 0 saturated heterocycles. The number of nitrogens with zero attached hydrogens (tertiary/aromatic N) is 1. The van der Waals surface area contributed by atoms with Crippen molar-refractivity contribution < 1.29 is 14.7 Å². The van der Waals surface area contributed by atoms with Crippen LogP contribution in [0, 0.1) is 0 Å². The van der Waals surface area contributed by atoms with Gasteiger partial charge in [0.2, 0.25) is 0 Å². The predicted molar refractivity (Wildman–Crippen MR) is 72.0 cm³/mol. The molecule has 0 spiro atoms. The quantitative estimate of drug-likeness (QED) is 0.906. The largest absolute Gasteiger partial charge is 0.480 e. The molecule has 2 rings (SSSR count).